The number of halogens is 1. The fourth-order valence-electron chi connectivity index (χ4n) is 2.94. The van der Waals surface area contributed by atoms with E-state index in [1.807, 2.05) is 17.9 Å². The molecule has 0 aromatic carbocycles. The Morgan fingerprint density at radius 3 is 3.09 bits per heavy atom. The first-order valence-electron chi connectivity index (χ1n) is 7.49. The normalized spacial score (nSPS) is 19.0. The van der Waals surface area contributed by atoms with Gasteiger partial charge in [-0.1, -0.05) is 0 Å². The molecular formula is C15H16FN5OS. The second-order valence-corrected chi connectivity index (χ2v) is 6.92. The second-order valence-electron chi connectivity index (χ2n) is 5.87. The van der Waals surface area contributed by atoms with Gasteiger partial charge in [-0.2, -0.15) is 5.10 Å². The molecule has 0 amide bonds. The van der Waals surface area contributed by atoms with Gasteiger partial charge in [-0.05, 0) is 19.4 Å². The highest BCUT2D eigenvalue weighted by atomic mass is 32.1. The van der Waals surface area contributed by atoms with Gasteiger partial charge >= 0.3 is 0 Å². The average molecular weight is 333 g/mol. The molecule has 4 rings (SSSR count). The Balaban J connectivity index is 1.70. The van der Waals surface area contributed by atoms with Crippen molar-refractivity contribution in [1.29, 1.82) is 0 Å². The van der Waals surface area contributed by atoms with Gasteiger partial charge < -0.3 is 4.98 Å². The predicted octanol–water partition coefficient (Wildman–Crippen LogP) is 2.23. The summed E-state index contributed by atoms with van der Waals surface area (Å²) in [6.07, 6.45) is 1.53. The highest BCUT2D eigenvalue weighted by Gasteiger charge is 2.22. The minimum absolute atomic E-state index is 0.140. The molecule has 0 aliphatic carbocycles. The van der Waals surface area contributed by atoms with Crippen molar-refractivity contribution in [3.63, 3.8) is 0 Å². The number of hydrogen-bond acceptors (Lipinski definition) is 5. The molecule has 1 fully saturated rings. The summed E-state index contributed by atoms with van der Waals surface area (Å²) in [6.45, 7) is 3.52. The summed E-state index contributed by atoms with van der Waals surface area (Å²) in [4.78, 5) is 22.6. The first-order valence-corrected chi connectivity index (χ1v) is 8.31. The lowest BCUT2D eigenvalue weighted by molar-refractivity contribution is 0.277. The molecule has 3 aromatic rings. The van der Waals surface area contributed by atoms with Crippen molar-refractivity contribution in [3.8, 4) is 10.4 Å². The van der Waals surface area contributed by atoms with Crippen molar-refractivity contribution in [1.82, 2.24) is 25.1 Å². The third kappa shape index (κ3) is 2.68. The molecule has 0 radical (unpaired) electrons. The molecule has 0 bridgehead atoms. The van der Waals surface area contributed by atoms with Crippen LogP contribution in [0.2, 0.25) is 0 Å². The standard InChI is InChI=1S/C15H16FN5OS/c1-8-10(5-17-20-8)12-4-11-14(23-12)15(22)19-13(18-11)7-21-3-2-9(16)6-21/h4-5,9H,2-3,6-7H2,1H3,(H,17,20)(H,18,19,22). The summed E-state index contributed by atoms with van der Waals surface area (Å²) >= 11 is 1.41. The number of rotatable bonds is 3. The van der Waals surface area contributed by atoms with E-state index in [-0.39, 0.29) is 5.56 Å². The third-order valence-corrected chi connectivity index (χ3v) is 5.27. The van der Waals surface area contributed by atoms with Crippen molar-refractivity contribution >= 4 is 21.6 Å². The van der Waals surface area contributed by atoms with Gasteiger partial charge in [0, 0.05) is 29.2 Å². The summed E-state index contributed by atoms with van der Waals surface area (Å²) in [6, 6.07) is 1.92. The molecule has 6 nitrogen and oxygen atoms in total. The molecule has 1 aliphatic heterocycles. The van der Waals surface area contributed by atoms with E-state index >= 15 is 0 Å². The molecule has 0 spiro atoms. The quantitative estimate of drug-likeness (QED) is 0.770. The summed E-state index contributed by atoms with van der Waals surface area (Å²) in [5, 5.41) is 6.91. The van der Waals surface area contributed by atoms with E-state index in [1.54, 1.807) is 6.20 Å². The van der Waals surface area contributed by atoms with E-state index in [1.165, 1.54) is 11.3 Å². The number of H-pyrrole nitrogens is 2. The first kappa shape index (κ1) is 14.5. The minimum Gasteiger partial charge on any atom is -0.308 e. The van der Waals surface area contributed by atoms with Gasteiger partial charge in [0.25, 0.3) is 5.56 Å². The number of aromatic nitrogens is 4. The SMILES string of the molecule is Cc1[nH]ncc1-c1cc2nc(CN3CCC(F)C3)[nH]c(=O)c2s1. The van der Waals surface area contributed by atoms with E-state index in [9.17, 15) is 9.18 Å². The molecule has 8 heteroatoms. The van der Waals surface area contributed by atoms with Crippen molar-refractivity contribution < 1.29 is 4.39 Å². The van der Waals surface area contributed by atoms with Crippen molar-refractivity contribution in [2.24, 2.45) is 0 Å². The fraction of sp³-hybridized carbons (Fsp3) is 0.400. The zero-order valence-corrected chi connectivity index (χ0v) is 13.4. The molecule has 1 unspecified atom stereocenters. The van der Waals surface area contributed by atoms with E-state index in [4.69, 9.17) is 0 Å². The van der Waals surface area contributed by atoms with Gasteiger partial charge in [0.1, 0.15) is 16.7 Å². The molecule has 3 aromatic heterocycles. The average Bonchev–Trinajstić information content (AvgIpc) is 3.19. The Labute approximate surface area is 135 Å². The Morgan fingerprint density at radius 1 is 1.52 bits per heavy atom. The van der Waals surface area contributed by atoms with Gasteiger partial charge in [-0.25, -0.2) is 9.37 Å². The number of hydrogen-bond donors (Lipinski definition) is 2. The summed E-state index contributed by atoms with van der Waals surface area (Å²) < 4.78 is 13.9. The number of nitrogens with zero attached hydrogens (tertiary/aromatic N) is 3. The lowest BCUT2D eigenvalue weighted by Gasteiger charge is -2.13. The van der Waals surface area contributed by atoms with Crippen LogP contribution in [0.3, 0.4) is 0 Å². The largest absolute Gasteiger partial charge is 0.308 e. The second kappa shape index (κ2) is 5.54. The van der Waals surface area contributed by atoms with Crippen LogP contribution < -0.4 is 5.56 Å². The molecule has 23 heavy (non-hydrogen) atoms. The van der Waals surface area contributed by atoms with E-state index in [0.717, 1.165) is 16.1 Å². The number of likely N-dealkylation sites (tertiary alicyclic amines) is 1. The van der Waals surface area contributed by atoms with Crippen LogP contribution in [0.25, 0.3) is 20.7 Å². The molecule has 0 saturated carbocycles. The molecule has 120 valence electrons. The summed E-state index contributed by atoms with van der Waals surface area (Å²) in [5.41, 5.74) is 2.48. The van der Waals surface area contributed by atoms with Crippen molar-refractivity contribution in [3.05, 3.63) is 34.1 Å². The lowest BCUT2D eigenvalue weighted by atomic mass is 10.2. The Kier molecular flexibility index (Phi) is 3.50. The van der Waals surface area contributed by atoms with Crippen LogP contribution in [0.1, 0.15) is 17.9 Å². The molecule has 1 atom stereocenters. The Morgan fingerprint density at radius 2 is 2.39 bits per heavy atom. The van der Waals surface area contributed by atoms with Gasteiger partial charge in [-0.15, -0.1) is 11.3 Å². The summed E-state index contributed by atoms with van der Waals surface area (Å²) in [5.74, 6) is 0.588. The molecule has 4 heterocycles. The number of thiophene rings is 1. The highest BCUT2D eigenvalue weighted by molar-refractivity contribution is 7.22. The molecule has 1 saturated heterocycles. The van der Waals surface area contributed by atoms with Crippen LogP contribution in [0.15, 0.2) is 17.1 Å². The van der Waals surface area contributed by atoms with Crippen molar-refractivity contribution in [2.75, 3.05) is 13.1 Å². The zero-order chi connectivity index (χ0) is 16.0. The lowest BCUT2D eigenvalue weighted by Crippen LogP contribution is -2.23. The van der Waals surface area contributed by atoms with Gasteiger partial charge in [0.2, 0.25) is 0 Å². The highest BCUT2D eigenvalue weighted by Crippen LogP contribution is 2.32. The van der Waals surface area contributed by atoms with E-state index < -0.39 is 6.17 Å². The Hall–Kier alpha value is -2.06. The van der Waals surface area contributed by atoms with Crippen LogP contribution in [0.4, 0.5) is 4.39 Å². The fourth-order valence-corrected chi connectivity index (χ4v) is 3.99. The third-order valence-electron chi connectivity index (χ3n) is 4.12. The molecule has 2 N–H and O–H groups in total. The maximum atomic E-state index is 13.3. The molecular weight excluding hydrogens is 317 g/mol. The molecule has 1 aliphatic rings. The smallest absolute Gasteiger partial charge is 0.268 e. The van der Waals surface area contributed by atoms with Gasteiger partial charge in [0.05, 0.1) is 18.3 Å². The van der Waals surface area contributed by atoms with Gasteiger partial charge in [-0.3, -0.25) is 14.8 Å². The topological polar surface area (TPSA) is 77.7 Å². The number of nitrogens with one attached hydrogen (secondary N) is 2. The monoisotopic (exact) mass is 333 g/mol. The summed E-state index contributed by atoms with van der Waals surface area (Å²) in [7, 11) is 0. The van der Waals surface area contributed by atoms with Crippen molar-refractivity contribution in [2.45, 2.75) is 26.1 Å². The maximum absolute atomic E-state index is 13.3. The number of aryl methyl sites for hydroxylation is 1. The minimum atomic E-state index is -0.776. The van der Waals surface area contributed by atoms with E-state index in [0.29, 0.717) is 42.1 Å². The Bertz CT molecular complexity index is 914. The van der Waals surface area contributed by atoms with Crippen LogP contribution in [-0.4, -0.2) is 44.3 Å². The van der Waals surface area contributed by atoms with Crippen LogP contribution in [0, 0.1) is 6.92 Å². The van der Waals surface area contributed by atoms with Crippen LogP contribution >= 0.6 is 11.3 Å². The zero-order valence-electron chi connectivity index (χ0n) is 12.6. The number of fused-ring (bicyclic) bond motifs is 1. The van der Waals surface area contributed by atoms with Gasteiger partial charge in [0.15, 0.2) is 0 Å². The predicted molar refractivity (Wildman–Crippen MR) is 87.3 cm³/mol. The van der Waals surface area contributed by atoms with Crippen LogP contribution in [-0.2, 0) is 6.54 Å². The van der Waals surface area contributed by atoms with E-state index in [2.05, 4.69) is 20.2 Å². The number of alkyl halides is 1. The number of aromatic amines is 2. The van der Waals surface area contributed by atoms with Crippen LogP contribution in [0.5, 0.6) is 0 Å². The first-order chi connectivity index (χ1) is 11.1. The maximum Gasteiger partial charge on any atom is 0.268 e.